The number of hydrogen-bond donors (Lipinski definition) is 3. The molecule has 0 saturated heterocycles. The average Bonchev–Trinajstić information content (AvgIpc) is 2.91. The van der Waals surface area contributed by atoms with E-state index in [1.807, 2.05) is 14.0 Å². The number of carbonyl (C=O) groups is 1. The van der Waals surface area contributed by atoms with E-state index >= 15 is 0 Å². The number of rotatable bonds is 6. The topological polar surface area (TPSA) is 70.5 Å². The number of amides is 1. The van der Waals surface area contributed by atoms with E-state index in [1.165, 1.54) is 0 Å². The summed E-state index contributed by atoms with van der Waals surface area (Å²) in [4.78, 5) is 16.6. The lowest BCUT2D eigenvalue weighted by Gasteiger charge is -2.12. The molecule has 6 nitrogen and oxygen atoms in total. The second-order valence-electron chi connectivity index (χ2n) is 5.66. The average molecular weight is 534 g/mol. The Morgan fingerprint density at radius 1 is 1.29 bits per heavy atom. The zero-order valence-corrected chi connectivity index (χ0v) is 19.4. The van der Waals surface area contributed by atoms with E-state index in [4.69, 9.17) is 29.6 Å². The number of nitrogens with zero attached hydrogens (tertiary/aromatic N) is 2. The summed E-state index contributed by atoms with van der Waals surface area (Å²) in [7, 11) is 1.82. The highest BCUT2D eigenvalue weighted by Crippen LogP contribution is 2.25. The van der Waals surface area contributed by atoms with Crippen molar-refractivity contribution >= 4 is 64.7 Å². The molecule has 0 fully saturated rings. The fourth-order valence-electron chi connectivity index (χ4n) is 2.30. The molecule has 0 unspecified atom stereocenters. The van der Waals surface area contributed by atoms with Crippen molar-refractivity contribution in [1.29, 1.82) is 0 Å². The largest absolute Gasteiger partial charge is 0.357 e. The number of anilines is 1. The standard InChI is InChI=1S/C19H21Cl2N5O.HI/c1-4-13-7-6-8-14(9-13)25-17(27)12-24-19(22-5-2)23-11-15-10-16(20)18(21)26(15)3;/h1,6-10H,5,11-12H2,2-3H3,(H,25,27)(H2,22,23,24);1H. The molecule has 0 aliphatic heterocycles. The van der Waals surface area contributed by atoms with Crippen LogP contribution in [0.3, 0.4) is 0 Å². The molecule has 28 heavy (non-hydrogen) atoms. The first-order valence-electron chi connectivity index (χ1n) is 8.33. The summed E-state index contributed by atoms with van der Waals surface area (Å²) in [5.41, 5.74) is 2.21. The maximum Gasteiger partial charge on any atom is 0.243 e. The Kier molecular flexibility index (Phi) is 10.2. The minimum Gasteiger partial charge on any atom is -0.357 e. The lowest BCUT2D eigenvalue weighted by atomic mass is 10.2. The van der Waals surface area contributed by atoms with Crippen LogP contribution in [0.15, 0.2) is 35.3 Å². The molecule has 0 radical (unpaired) electrons. The number of nitrogens with one attached hydrogen (secondary N) is 3. The third kappa shape index (κ3) is 6.93. The molecular formula is C19H22Cl2IN5O. The van der Waals surface area contributed by atoms with Crippen molar-refractivity contribution in [1.82, 2.24) is 15.2 Å². The number of aromatic nitrogens is 1. The Morgan fingerprint density at radius 3 is 2.64 bits per heavy atom. The lowest BCUT2D eigenvalue weighted by Crippen LogP contribution is -2.41. The summed E-state index contributed by atoms with van der Waals surface area (Å²) in [5, 5.41) is 9.82. The minimum atomic E-state index is -0.209. The third-order valence-electron chi connectivity index (χ3n) is 3.69. The number of carbonyl (C=O) groups excluding carboxylic acids is 1. The van der Waals surface area contributed by atoms with Gasteiger partial charge in [0.1, 0.15) is 5.15 Å². The molecule has 0 aliphatic rings. The van der Waals surface area contributed by atoms with Gasteiger partial charge in [-0.2, -0.15) is 0 Å². The maximum atomic E-state index is 12.2. The molecule has 9 heteroatoms. The number of guanidine groups is 1. The Morgan fingerprint density at radius 2 is 2.04 bits per heavy atom. The van der Waals surface area contributed by atoms with Gasteiger partial charge in [-0.15, -0.1) is 30.4 Å². The predicted molar refractivity (Wildman–Crippen MR) is 127 cm³/mol. The molecule has 2 rings (SSSR count). The van der Waals surface area contributed by atoms with Gasteiger partial charge in [0.25, 0.3) is 0 Å². The molecule has 1 amide bonds. The van der Waals surface area contributed by atoms with Crippen LogP contribution in [0.4, 0.5) is 5.69 Å². The zero-order chi connectivity index (χ0) is 19.8. The van der Waals surface area contributed by atoms with Crippen LogP contribution < -0.4 is 16.0 Å². The van der Waals surface area contributed by atoms with Gasteiger partial charge < -0.3 is 20.5 Å². The van der Waals surface area contributed by atoms with Gasteiger partial charge in [0.05, 0.1) is 18.1 Å². The van der Waals surface area contributed by atoms with Crippen LogP contribution in [0.5, 0.6) is 0 Å². The Hall–Kier alpha value is -1.89. The summed E-state index contributed by atoms with van der Waals surface area (Å²) in [5.74, 6) is 2.84. The van der Waals surface area contributed by atoms with Crippen molar-refractivity contribution in [2.24, 2.45) is 12.0 Å². The van der Waals surface area contributed by atoms with Gasteiger partial charge in [0, 0.05) is 30.5 Å². The van der Waals surface area contributed by atoms with Gasteiger partial charge in [-0.05, 0) is 31.2 Å². The van der Waals surface area contributed by atoms with Gasteiger partial charge >= 0.3 is 0 Å². The molecule has 0 bridgehead atoms. The highest BCUT2D eigenvalue weighted by molar-refractivity contribution is 14.0. The predicted octanol–water partition coefficient (Wildman–Crippen LogP) is 3.63. The zero-order valence-electron chi connectivity index (χ0n) is 15.6. The summed E-state index contributed by atoms with van der Waals surface area (Å²) in [6, 6.07) is 8.87. The van der Waals surface area contributed by atoms with Gasteiger partial charge in [0.15, 0.2) is 5.96 Å². The highest BCUT2D eigenvalue weighted by atomic mass is 127. The second kappa shape index (κ2) is 11.8. The van der Waals surface area contributed by atoms with E-state index in [2.05, 4.69) is 26.9 Å². The lowest BCUT2D eigenvalue weighted by molar-refractivity contribution is -0.115. The van der Waals surface area contributed by atoms with Crippen molar-refractivity contribution < 1.29 is 4.79 Å². The number of hydrogen-bond acceptors (Lipinski definition) is 2. The molecule has 1 aromatic heterocycles. The molecule has 1 heterocycles. The van der Waals surface area contributed by atoms with Gasteiger partial charge in [0.2, 0.25) is 5.91 Å². The number of benzene rings is 1. The Bertz CT molecular complexity index is 889. The van der Waals surface area contributed by atoms with Crippen LogP contribution in [0.25, 0.3) is 0 Å². The van der Waals surface area contributed by atoms with E-state index in [1.54, 1.807) is 34.9 Å². The smallest absolute Gasteiger partial charge is 0.243 e. The molecule has 0 saturated carbocycles. The molecule has 0 aliphatic carbocycles. The third-order valence-corrected chi connectivity index (χ3v) is 4.53. The summed E-state index contributed by atoms with van der Waals surface area (Å²) < 4.78 is 1.77. The molecule has 3 N–H and O–H groups in total. The van der Waals surface area contributed by atoms with Crippen LogP contribution in [0.1, 0.15) is 18.2 Å². The summed E-state index contributed by atoms with van der Waals surface area (Å²) in [6.07, 6.45) is 5.37. The first-order chi connectivity index (χ1) is 12.9. The van der Waals surface area contributed by atoms with Crippen molar-refractivity contribution in [3.05, 3.63) is 51.8 Å². The molecule has 0 spiro atoms. The molecule has 150 valence electrons. The highest BCUT2D eigenvalue weighted by Gasteiger charge is 2.09. The van der Waals surface area contributed by atoms with Crippen molar-refractivity contribution in [3.8, 4) is 12.3 Å². The van der Waals surface area contributed by atoms with Gasteiger partial charge in [-0.25, -0.2) is 4.99 Å². The molecule has 1 aromatic carbocycles. The first-order valence-corrected chi connectivity index (χ1v) is 9.08. The SMILES string of the molecule is C#Cc1cccc(NC(=O)CNC(=NCc2cc(Cl)c(Cl)n2C)NCC)c1.I. The first kappa shape index (κ1) is 24.1. The van der Waals surface area contributed by atoms with Crippen LogP contribution in [-0.2, 0) is 18.4 Å². The van der Waals surface area contributed by atoms with Crippen molar-refractivity contribution in [3.63, 3.8) is 0 Å². The van der Waals surface area contributed by atoms with Crippen LogP contribution >= 0.6 is 47.2 Å². The molecule has 2 aromatic rings. The number of aliphatic imine (C=N–C) groups is 1. The van der Waals surface area contributed by atoms with E-state index < -0.39 is 0 Å². The monoisotopic (exact) mass is 533 g/mol. The van der Waals surface area contributed by atoms with Crippen LogP contribution in [0, 0.1) is 12.3 Å². The van der Waals surface area contributed by atoms with Crippen molar-refractivity contribution in [2.45, 2.75) is 13.5 Å². The Balaban J connectivity index is 0.00000392. The van der Waals surface area contributed by atoms with E-state index in [9.17, 15) is 4.79 Å². The van der Waals surface area contributed by atoms with E-state index in [0.717, 1.165) is 5.69 Å². The fraction of sp³-hybridized carbons (Fsp3) is 0.263. The van der Waals surface area contributed by atoms with Gasteiger partial charge in [-0.3, -0.25) is 4.79 Å². The minimum absolute atomic E-state index is 0. The Labute approximate surface area is 192 Å². The van der Waals surface area contributed by atoms with Crippen LogP contribution in [0.2, 0.25) is 10.2 Å². The maximum absolute atomic E-state index is 12.2. The van der Waals surface area contributed by atoms with Crippen LogP contribution in [-0.4, -0.2) is 29.5 Å². The fourth-order valence-corrected chi connectivity index (χ4v) is 2.71. The normalized spacial score (nSPS) is 10.6. The summed E-state index contributed by atoms with van der Waals surface area (Å²) in [6.45, 7) is 3.02. The quantitative estimate of drug-likeness (QED) is 0.230. The summed E-state index contributed by atoms with van der Waals surface area (Å²) >= 11 is 12.1. The van der Waals surface area contributed by atoms with Crippen molar-refractivity contribution in [2.75, 3.05) is 18.4 Å². The second-order valence-corrected chi connectivity index (χ2v) is 6.42. The van der Waals surface area contributed by atoms with E-state index in [-0.39, 0.29) is 36.4 Å². The number of terminal acetylenes is 1. The molecule has 0 atom stereocenters. The number of halogens is 3. The molecular weight excluding hydrogens is 512 g/mol. The van der Waals surface area contributed by atoms with Gasteiger partial charge in [-0.1, -0.05) is 35.2 Å². The van der Waals surface area contributed by atoms with E-state index in [0.29, 0.717) is 40.5 Å².